The molecule has 23 heavy (non-hydrogen) atoms. The van der Waals surface area contributed by atoms with Crippen LogP contribution >= 0.6 is 0 Å². The maximum absolute atomic E-state index is 12.0. The van der Waals surface area contributed by atoms with Crippen LogP contribution in [0.5, 0.6) is 5.75 Å². The minimum absolute atomic E-state index is 0.00379. The number of rotatable bonds is 9. The van der Waals surface area contributed by atoms with E-state index in [9.17, 15) is 13.5 Å². The van der Waals surface area contributed by atoms with Crippen molar-refractivity contribution < 1.29 is 22.7 Å². The number of hydrogen-bond donors (Lipinski definition) is 2. The van der Waals surface area contributed by atoms with Crippen molar-refractivity contribution in [1.29, 1.82) is 0 Å². The van der Waals surface area contributed by atoms with E-state index >= 15 is 0 Å². The van der Waals surface area contributed by atoms with Crippen LogP contribution in [0, 0.1) is 0 Å². The fourth-order valence-corrected chi connectivity index (χ4v) is 3.17. The van der Waals surface area contributed by atoms with Crippen molar-refractivity contribution in [3.63, 3.8) is 0 Å². The van der Waals surface area contributed by atoms with Gasteiger partial charge in [-0.15, -0.1) is 0 Å². The Morgan fingerprint density at radius 3 is 2.61 bits per heavy atom. The van der Waals surface area contributed by atoms with Crippen molar-refractivity contribution >= 4 is 10.0 Å². The van der Waals surface area contributed by atoms with Gasteiger partial charge in [0.1, 0.15) is 17.6 Å². The quantitative estimate of drug-likeness (QED) is 0.728. The SMILES string of the molecule is COc1ccc(CCS(=O)(=O)NCCC(O)c2ccco2)cc1. The highest BCUT2D eigenvalue weighted by molar-refractivity contribution is 7.89. The van der Waals surface area contributed by atoms with Crippen molar-refractivity contribution in [2.75, 3.05) is 19.4 Å². The molecule has 126 valence electrons. The molecule has 1 unspecified atom stereocenters. The molecular weight excluding hydrogens is 318 g/mol. The Morgan fingerprint density at radius 2 is 2.00 bits per heavy atom. The average Bonchev–Trinajstić information content (AvgIpc) is 3.08. The molecule has 6 nitrogen and oxygen atoms in total. The summed E-state index contributed by atoms with van der Waals surface area (Å²) in [5.41, 5.74) is 0.923. The normalized spacial score (nSPS) is 13.0. The molecule has 0 saturated heterocycles. The number of benzene rings is 1. The first kappa shape index (κ1) is 17.5. The minimum Gasteiger partial charge on any atom is -0.497 e. The lowest BCUT2D eigenvalue weighted by molar-refractivity contribution is 0.142. The van der Waals surface area contributed by atoms with E-state index in [1.54, 1.807) is 31.4 Å². The number of ether oxygens (including phenoxy) is 1. The Hall–Kier alpha value is -1.83. The molecule has 1 aromatic heterocycles. The number of aliphatic hydroxyl groups is 1. The highest BCUT2D eigenvalue weighted by Gasteiger charge is 2.14. The van der Waals surface area contributed by atoms with Gasteiger partial charge in [0.25, 0.3) is 0 Å². The number of aryl methyl sites for hydroxylation is 1. The first-order valence-electron chi connectivity index (χ1n) is 7.32. The first-order chi connectivity index (χ1) is 11.0. The van der Waals surface area contributed by atoms with Crippen molar-refractivity contribution in [2.24, 2.45) is 0 Å². The summed E-state index contributed by atoms with van der Waals surface area (Å²) in [5.74, 6) is 1.17. The van der Waals surface area contributed by atoms with Gasteiger partial charge in [-0.05, 0) is 42.7 Å². The number of furan rings is 1. The number of methoxy groups -OCH3 is 1. The summed E-state index contributed by atoms with van der Waals surface area (Å²) in [6, 6.07) is 10.6. The Bertz CT molecular complexity index is 680. The lowest BCUT2D eigenvalue weighted by Gasteiger charge is -2.10. The molecule has 0 saturated carbocycles. The van der Waals surface area contributed by atoms with Crippen LogP contribution in [0.4, 0.5) is 0 Å². The van der Waals surface area contributed by atoms with Crippen LogP contribution in [0.15, 0.2) is 47.1 Å². The lowest BCUT2D eigenvalue weighted by Crippen LogP contribution is -2.29. The summed E-state index contributed by atoms with van der Waals surface area (Å²) in [6.07, 6.45) is 1.33. The third-order valence-corrected chi connectivity index (χ3v) is 4.82. The van der Waals surface area contributed by atoms with Crippen molar-refractivity contribution in [3.05, 3.63) is 54.0 Å². The molecule has 2 aromatic rings. The summed E-state index contributed by atoms with van der Waals surface area (Å²) >= 11 is 0. The molecule has 0 aliphatic rings. The zero-order valence-corrected chi connectivity index (χ0v) is 13.8. The number of nitrogens with one attached hydrogen (secondary N) is 1. The van der Waals surface area contributed by atoms with Crippen LogP contribution in [0.3, 0.4) is 0 Å². The van der Waals surface area contributed by atoms with Gasteiger partial charge in [-0.2, -0.15) is 0 Å². The molecule has 0 spiro atoms. The Balaban J connectivity index is 1.75. The van der Waals surface area contributed by atoms with Crippen LogP contribution in [-0.4, -0.2) is 32.9 Å². The third kappa shape index (κ3) is 5.70. The first-order valence-corrected chi connectivity index (χ1v) is 8.97. The van der Waals surface area contributed by atoms with Crippen LogP contribution in [0.25, 0.3) is 0 Å². The largest absolute Gasteiger partial charge is 0.497 e. The van der Waals surface area contributed by atoms with Crippen LogP contribution in [0.2, 0.25) is 0 Å². The summed E-state index contributed by atoms with van der Waals surface area (Å²) in [4.78, 5) is 0. The summed E-state index contributed by atoms with van der Waals surface area (Å²) in [5, 5.41) is 9.82. The van der Waals surface area contributed by atoms with Gasteiger partial charge in [-0.25, -0.2) is 13.1 Å². The number of aliphatic hydroxyl groups excluding tert-OH is 1. The minimum atomic E-state index is -3.38. The van der Waals surface area contributed by atoms with E-state index in [0.29, 0.717) is 12.2 Å². The van der Waals surface area contributed by atoms with Gasteiger partial charge in [0.05, 0.1) is 19.1 Å². The van der Waals surface area contributed by atoms with E-state index in [4.69, 9.17) is 9.15 Å². The molecule has 1 aromatic carbocycles. The maximum atomic E-state index is 12.0. The van der Waals surface area contributed by atoms with E-state index in [-0.39, 0.29) is 18.7 Å². The molecule has 2 rings (SSSR count). The highest BCUT2D eigenvalue weighted by Crippen LogP contribution is 2.16. The molecule has 0 aliphatic heterocycles. The van der Waals surface area contributed by atoms with E-state index in [0.717, 1.165) is 11.3 Å². The smallest absolute Gasteiger partial charge is 0.211 e. The number of sulfonamides is 1. The summed E-state index contributed by atoms with van der Waals surface area (Å²) in [7, 11) is -1.80. The Morgan fingerprint density at radius 1 is 1.26 bits per heavy atom. The lowest BCUT2D eigenvalue weighted by atomic mass is 10.2. The monoisotopic (exact) mass is 339 g/mol. The van der Waals surface area contributed by atoms with Crippen LogP contribution < -0.4 is 9.46 Å². The molecule has 0 amide bonds. The van der Waals surface area contributed by atoms with E-state index < -0.39 is 16.1 Å². The zero-order valence-electron chi connectivity index (χ0n) is 12.9. The molecule has 0 fully saturated rings. The molecule has 1 heterocycles. The Kier molecular flexibility index (Phi) is 6.20. The summed E-state index contributed by atoms with van der Waals surface area (Å²) in [6.45, 7) is 0.160. The Labute approximate surface area is 136 Å². The fraction of sp³-hybridized carbons (Fsp3) is 0.375. The average molecular weight is 339 g/mol. The van der Waals surface area contributed by atoms with Crippen LogP contribution in [-0.2, 0) is 16.4 Å². The van der Waals surface area contributed by atoms with E-state index in [1.807, 2.05) is 12.1 Å². The molecule has 1 atom stereocenters. The molecule has 7 heteroatoms. The topological polar surface area (TPSA) is 88.8 Å². The third-order valence-electron chi connectivity index (χ3n) is 3.43. The fourth-order valence-electron chi connectivity index (χ4n) is 2.09. The predicted octanol–water partition coefficient (Wildman–Crippen LogP) is 1.87. The predicted molar refractivity (Wildman–Crippen MR) is 86.8 cm³/mol. The molecule has 2 N–H and O–H groups in total. The van der Waals surface area contributed by atoms with Gasteiger partial charge in [-0.3, -0.25) is 0 Å². The summed E-state index contributed by atoms with van der Waals surface area (Å²) < 4.78 is 36.5. The molecule has 0 bridgehead atoms. The van der Waals surface area contributed by atoms with E-state index in [1.165, 1.54) is 6.26 Å². The van der Waals surface area contributed by atoms with Gasteiger partial charge < -0.3 is 14.3 Å². The van der Waals surface area contributed by atoms with Gasteiger partial charge in [0, 0.05) is 6.54 Å². The zero-order chi connectivity index (χ0) is 16.7. The van der Waals surface area contributed by atoms with Gasteiger partial charge in [0.15, 0.2) is 0 Å². The second kappa shape index (κ2) is 8.14. The van der Waals surface area contributed by atoms with Crippen molar-refractivity contribution in [1.82, 2.24) is 4.72 Å². The van der Waals surface area contributed by atoms with Gasteiger partial charge in [-0.1, -0.05) is 12.1 Å². The standard InChI is InChI=1S/C16H21NO5S/c1-21-14-6-4-13(5-7-14)9-12-23(19,20)17-10-8-15(18)16-3-2-11-22-16/h2-7,11,15,17-18H,8-10,12H2,1H3. The molecule has 0 aliphatic carbocycles. The second-order valence-corrected chi connectivity index (χ2v) is 7.06. The van der Waals surface area contributed by atoms with Crippen molar-refractivity contribution in [3.8, 4) is 5.75 Å². The highest BCUT2D eigenvalue weighted by atomic mass is 32.2. The van der Waals surface area contributed by atoms with Gasteiger partial charge >= 0.3 is 0 Å². The van der Waals surface area contributed by atoms with E-state index in [2.05, 4.69) is 4.72 Å². The number of hydrogen-bond acceptors (Lipinski definition) is 5. The maximum Gasteiger partial charge on any atom is 0.211 e. The van der Waals surface area contributed by atoms with Gasteiger partial charge in [0.2, 0.25) is 10.0 Å². The van der Waals surface area contributed by atoms with Crippen molar-refractivity contribution in [2.45, 2.75) is 18.9 Å². The molecular formula is C16H21NO5S. The second-order valence-electron chi connectivity index (χ2n) is 5.13. The molecule has 0 radical (unpaired) electrons. The van der Waals surface area contributed by atoms with Crippen LogP contribution in [0.1, 0.15) is 23.8 Å².